The molecule has 1 amide bonds. The number of anilines is 3. The van der Waals surface area contributed by atoms with Crippen molar-refractivity contribution in [2.24, 2.45) is 0 Å². The first-order chi connectivity index (χ1) is 14.9. The van der Waals surface area contributed by atoms with Crippen molar-refractivity contribution >= 4 is 44.3 Å². The Morgan fingerprint density at radius 1 is 1.13 bits per heavy atom. The van der Waals surface area contributed by atoms with E-state index in [2.05, 4.69) is 31.3 Å². The zero-order chi connectivity index (χ0) is 21.8. The Hall–Kier alpha value is -2.95. The van der Waals surface area contributed by atoms with Crippen LogP contribution in [0.3, 0.4) is 0 Å². The van der Waals surface area contributed by atoms with Crippen LogP contribution < -0.4 is 20.3 Å². The third-order valence-corrected chi connectivity index (χ3v) is 6.31. The number of aromatic nitrogens is 1. The summed E-state index contributed by atoms with van der Waals surface area (Å²) in [6, 6.07) is 12.4. The molecule has 1 aromatic carbocycles. The highest BCUT2D eigenvalue weighted by Gasteiger charge is 2.14. The Kier molecular flexibility index (Phi) is 6.21. The Balaban J connectivity index is 1.43. The smallest absolute Gasteiger partial charge is 0.265 e. The summed E-state index contributed by atoms with van der Waals surface area (Å²) in [7, 11) is -3.39. The Bertz CT molecular complexity index is 1170. The predicted octanol–water partition coefficient (Wildman–Crippen LogP) is 2.84. The molecule has 0 spiro atoms. The van der Waals surface area contributed by atoms with Crippen LogP contribution in [0.5, 0.6) is 0 Å². The van der Waals surface area contributed by atoms with E-state index in [-0.39, 0.29) is 5.91 Å². The van der Waals surface area contributed by atoms with Crippen LogP contribution in [-0.4, -0.2) is 51.7 Å². The third-order valence-electron chi connectivity index (χ3n) is 4.77. The van der Waals surface area contributed by atoms with E-state index in [9.17, 15) is 13.2 Å². The van der Waals surface area contributed by atoms with Crippen molar-refractivity contribution in [3.63, 3.8) is 0 Å². The molecule has 1 aliphatic heterocycles. The molecule has 3 heterocycles. The molecular weight excluding hydrogens is 434 g/mol. The molecule has 0 atom stereocenters. The number of carbonyl (C=O) groups excluding carboxylic acids is 1. The number of piperazine rings is 1. The maximum atomic E-state index is 12.6. The normalized spacial score (nSPS) is 14.3. The molecule has 1 fully saturated rings. The van der Waals surface area contributed by atoms with Crippen molar-refractivity contribution in [1.82, 2.24) is 10.3 Å². The summed E-state index contributed by atoms with van der Waals surface area (Å²) in [6.45, 7) is 3.87. The molecule has 10 heteroatoms. The van der Waals surface area contributed by atoms with Gasteiger partial charge in [0.2, 0.25) is 10.0 Å². The van der Waals surface area contributed by atoms with Crippen molar-refractivity contribution in [3.8, 4) is 11.3 Å². The molecule has 162 valence electrons. The molecular formula is C21H23N5O3S2. The average Bonchev–Trinajstić information content (AvgIpc) is 3.24. The number of pyridine rings is 1. The maximum Gasteiger partial charge on any atom is 0.265 e. The van der Waals surface area contributed by atoms with E-state index < -0.39 is 10.0 Å². The Labute approximate surface area is 185 Å². The molecule has 1 aliphatic rings. The molecule has 0 bridgehead atoms. The lowest BCUT2D eigenvalue weighted by Gasteiger charge is -2.29. The standard InChI is InChI=1S/C21H23N5O3S2/c1-31(28,29)25-17-4-2-3-16(12-17)24-21(27)20-11-15(14-30-20)19-6-5-18(13-23-19)26-9-7-22-8-10-26/h2-6,11-14,22,25H,7-10H2,1H3,(H,24,27). The number of benzene rings is 1. The zero-order valence-corrected chi connectivity index (χ0v) is 18.6. The second-order valence-corrected chi connectivity index (χ2v) is 9.91. The number of carbonyl (C=O) groups is 1. The van der Waals surface area contributed by atoms with E-state index in [0.29, 0.717) is 16.3 Å². The van der Waals surface area contributed by atoms with Crippen molar-refractivity contribution in [2.45, 2.75) is 0 Å². The first kappa shape index (κ1) is 21.3. The van der Waals surface area contributed by atoms with Gasteiger partial charge in [0, 0.05) is 42.8 Å². The lowest BCUT2D eigenvalue weighted by atomic mass is 10.2. The Morgan fingerprint density at radius 3 is 2.61 bits per heavy atom. The largest absolute Gasteiger partial charge is 0.368 e. The summed E-state index contributed by atoms with van der Waals surface area (Å²) in [6.07, 6.45) is 2.95. The highest BCUT2D eigenvalue weighted by Crippen LogP contribution is 2.27. The molecule has 3 N–H and O–H groups in total. The maximum absolute atomic E-state index is 12.6. The highest BCUT2D eigenvalue weighted by molar-refractivity contribution is 7.92. The topological polar surface area (TPSA) is 103 Å². The fourth-order valence-electron chi connectivity index (χ4n) is 3.32. The second-order valence-electron chi connectivity index (χ2n) is 7.25. The molecule has 0 saturated carbocycles. The van der Waals surface area contributed by atoms with Crippen LogP contribution in [0.2, 0.25) is 0 Å². The van der Waals surface area contributed by atoms with Crippen molar-refractivity contribution in [1.29, 1.82) is 0 Å². The first-order valence-corrected chi connectivity index (χ1v) is 12.5. The van der Waals surface area contributed by atoms with Crippen molar-refractivity contribution in [3.05, 3.63) is 58.9 Å². The van der Waals surface area contributed by atoms with Crippen LogP contribution in [-0.2, 0) is 10.0 Å². The second kappa shape index (κ2) is 9.04. The highest BCUT2D eigenvalue weighted by atomic mass is 32.2. The summed E-state index contributed by atoms with van der Waals surface area (Å²) < 4.78 is 25.2. The summed E-state index contributed by atoms with van der Waals surface area (Å²) in [5.41, 5.74) is 3.69. The fraction of sp³-hybridized carbons (Fsp3) is 0.238. The van der Waals surface area contributed by atoms with Gasteiger partial charge in [0.05, 0.1) is 34.4 Å². The molecule has 4 rings (SSSR count). The quantitative estimate of drug-likeness (QED) is 0.526. The SMILES string of the molecule is CS(=O)(=O)Nc1cccc(NC(=O)c2cc(-c3ccc(N4CCNCC4)cn3)cs2)c1. The number of sulfonamides is 1. The molecule has 0 radical (unpaired) electrons. The van der Waals surface area contributed by atoms with Gasteiger partial charge >= 0.3 is 0 Å². The summed E-state index contributed by atoms with van der Waals surface area (Å²) >= 11 is 1.34. The van der Waals surface area contributed by atoms with E-state index in [1.807, 2.05) is 23.7 Å². The molecule has 0 aliphatic carbocycles. The fourth-order valence-corrected chi connectivity index (χ4v) is 4.67. The number of hydrogen-bond donors (Lipinski definition) is 3. The molecule has 2 aromatic heterocycles. The number of amides is 1. The van der Waals surface area contributed by atoms with E-state index in [1.54, 1.807) is 24.3 Å². The van der Waals surface area contributed by atoms with Gasteiger partial charge < -0.3 is 15.5 Å². The summed E-state index contributed by atoms with van der Waals surface area (Å²) in [5.74, 6) is -0.259. The van der Waals surface area contributed by atoms with Crippen molar-refractivity contribution in [2.75, 3.05) is 47.4 Å². The van der Waals surface area contributed by atoms with Gasteiger partial charge in [-0.3, -0.25) is 14.5 Å². The van der Waals surface area contributed by atoms with Gasteiger partial charge in [0.25, 0.3) is 5.91 Å². The first-order valence-electron chi connectivity index (χ1n) is 9.77. The predicted molar refractivity (Wildman–Crippen MR) is 125 cm³/mol. The summed E-state index contributed by atoms with van der Waals surface area (Å²) in [5, 5.41) is 8.05. The van der Waals surface area contributed by atoms with Gasteiger partial charge in [-0.1, -0.05) is 6.07 Å². The number of thiophene rings is 1. The third kappa shape index (κ3) is 5.60. The minimum Gasteiger partial charge on any atom is -0.368 e. The van der Waals surface area contributed by atoms with E-state index >= 15 is 0 Å². The lowest BCUT2D eigenvalue weighted by molar-refractivity contribution is 0.103. The van der Waals surface area contributed by atoms with Gasteiger partial charge in [-0.05, 0) is 36.4 Å². The molecule has 8 nitrogen and oxygen atoms in total. The summed E-state index contributed by atoms with van der Waals surface area (Å²) in [4.78, 5) is 20.1. The van der Waals surface area contributed by atoms with Crippen LogP contribution in [0, 0.1) is 0 Å². The Morgan fingerprint density at radius 2 is 1.90 bits per heavy atom. The van der Waals surface area contributed by atoms with Crippen LogP contribution in [0.15, 0.2) is 54.0 Å². The van der Waals surface area contributed by atoms with Gasteiger partial charge in [-0.2, -0.15) is 0 Å². The average molecular weight is 458 g/mol. The van der Waals surface area contributed by atoms with E-state index in [4.69, 9.17) is 0 Å². The van der Waals surface area contributed by atoms with Gasteiger partial charge in [0.15, 0.2) is 0 Å². The molecule has 3 aromatic rings. The minimum absolute atomic E-state index is 0.259. The minimum atomic E-state index is -3.39. The number of nitrogens with one attached hydrogen (secondary N) is 3. The van der Waals surface area contributed by atoms with Crippen molar-refractivity contribution < 1.29 is 13.2 Å². The van der Waals surface area contributed by atoms with Crippen LogP contribution in [0.4, 0.5) is 17.1 Å². The number of nitrogens with zero attached hydrogens (tertiary/aromatic N) is 2. The van der Waals surface area contributed by atoms with Crippen LogP contribution in [0.25, 0.3) is 11.3 Å². The van der Waals surface area contributed by atoms with Gasteiger partial charge in [0.1, 0.15) is 0 Å². The van der Waals surface area contributed by atoms with Gasteiger partial charge in [-0.25, -0.2) is 8.42 Å². The van der Waals surface area contributed by atoms with Crippen LogP contribution in [0.1, 0.15) is 9.67 Å². The number of rotatable bonds is 6. The molecule has 1 saturated heterocycles. The van der Waals surface area contributed by atoms with Crippen LogP contribution >= 0.6 is 11.3 Å². The van der Waals surface area contributed by atoms with Gasteiger partial charge in [-0.15, -0.1) is 11.3 Å². The molecule has 31 heavy (non-hydrogen) atoms. The van der Waals surface area contributed by atoms with E-state index in [1.165, 1.54) is 11.3 Å². The molecule has 0 unspecified atom stereocenters. The number of hydrogen-bond acceptors (Lipinski definition) is 7. The lowest BCUT2D eigenvalue weighted by Crippen LogP contribution is -2.43. The zero-order valence-electron chi connectivity index (χ0n) is 17.0. The van der Waals surface area contributed by atoms with E-state index in [0.717, 1.165) is 49.4 Å². The monoisotopic (exact) mass is 457 g/mol.